The monoisotopic (exact) mass is 318 g/mol. The molecule has 2 rings (SSSR count). The summed E-state index contributed by atoms with van der Waals surface area (Å²) in [4.78, 5) is 28.9. The van der Waals surface area contributed by atoms with Crippen LogP contribution in [-0.4, -0.2) is 61.0 Å². The molecular weight excluding hydrogens is 292 g/mol. The van der Waals surface area contributed by atoms with Crippen molar-refractivity contribution in [2.75, 3.05) is 38.5 Å². The molecule has 1 atom stereocenters. The van der Waals surface area contributed by atoms with E-state index in [2.05, 4.69) is 15.5 Å². The van der Waals surface area contributed by atoms with E-state index in [4.69, 9.17) is 0 Å². The van der Waals surface area contributed by atoms with Gasteiger partial charge in [-0.3, -0.25) is 4.79 Å². The number of likely N-dealkylation sites (N-methyl/N-ethyl adjacent to an activating group) is 1. The van der Waals surface area contributed by atoms with Gasteiger partial charge in [-0.2, -0.15) is 0 Å². The van der Waals surface area contributed by atoms with Crippen LogP contribution in [0.4, 0.5) is 10.5 Å². The summed E-state index contributed by atoms with van der Waals surface area (Å²) in [5.41, 5.74) is 0.708. The first-order chi connectivity index (χ1) is 11.0. The number of urea groups is 1. The fourth-order valence-corrected chi connectivity index (χ4v) is 2.57. The number of carbonyl (C=O) groups is 2. The number of hydrogen-bond donors (Lipinski definition) is 2. The molecule has 126 valence electrons. The van der Waals surface area contributed by atoms with Crippen molar-refractivity contribution in [1.29, 1.82) is 0 Å². The highest BCUT2D eigenvalue weighted by atomic mass is 16.2. The second kappa shape index (κ2) is 7.97. The SMILES string of the molecule is CC(C)C(NC(=O)Nc1ccccc1)C(=O)N1CCN(C)CC1. The zero-order chi connectivity index (χ0) is 16.8. The van der Waals surface area contributed by atoms with Gasteiger partial charge < -0.3 is 20.4 Å². The Morgan fingerprint density at radius 1 is 1.04 bits per heavy atom. The van der Waals surface area contributed by atoms with Gasteiger partial charge in [0, 0.05) is 31.9 Å². The number of rotatable bonds is 4. The van der Waals surface area contributed by atoms with Gasteiger partial charge in [-0.1, -0.05) is 32.0 Å². The summed E-state index contributed by atoms with van der Waals surface area (Å²) in [6.45, 7) is 7.05. The molecule has 0 spiro atoms. The molecule has 0 aliphatic carbocycles. The van der Waals surface area contributed by atoms with Crippen LogP contribution in [0.25, 0.3) is 0 Å². The summed E-state index contributed by atoms with van der Waals surface area (Å²) < 4.78 is 0. The standard InChI is InChI=1S/C17H26N4O2/c1-13(2)15(16(22)21-11-9-20(3)10-12-21)19-17(23)18-14-7-5-4-6-8-14/h4-8,13,15H,9-12H2,1-3H3,(H2,18,19,23). The second-order valence-electron chi connectivity index (χ2n) is 6.31. The number of hydrogen-bond acceptors (Lipinski definition) is 3. The van der Waals surface area contributed by atoms with Gasteiger partial charge in [0.1, 0.15) is 6.04 Å². The van der Waals surface area contributed by atoms with Crippen molar-refractivity contribution in [2.45, 2.75) is 19.9 Å². The van der Waals surface area contributed by atoms with E-state index in [1.165, 1.54) is 0 Å². The number of anilines is 1. The van der Waals surface area contributed by atoms with Crippen molar-refractivity contribution < 1.29 is 9.59 Å². The number of piperazine rings is 1. The van der Waals surface area contributed by atoms with E-state index in [1.54, 1.807) is 0 Å². The molecule has 0 saturated carbocycles. The average molecular weight is 318 g/mol. The molecule has 6 heteroatoms. The molecule has 6 nitrogen and oxygen atoms in total. The summed E-state index contributed by atoms with van der Waals surface area (Å²) >= 11 is 0. The molecule has 1 aromatic carbocycles. The number of benzene rings is 1. The number of amides is 3. The van der Waals surface area contributed by atoms with Crippen LogP contribution < -0.4 is 10.6 Å². The maximum absolute atomic E-state index is 12.7. The Labute approximate surface area is 137 Å². The maximum atomic E-state index is 12.7. The zero-order valence-electron chi connectivity index (χ0n) is 14.1. The van der Waals surface area contributed by atoms with Crippen LogP contribution >= 0.6 is 0 Å². The predicted octanol–water partition coefficient (Wildman–Crippen LogP) is 1.61. The molecule has 1 unspecified atom stereocenters. The lowest BCUT2D eigenvalue weighted by Gasteiger charge is -2.35. The van der Waals surface area contributed by atoms with Gasteiger partial charge in [0.2, 0.25) is 5.91 Å². The minimum Gasteiger partial charge on any atom is -0.338 e. The van der Waals surface area contributed by atoms with Crippen LogP contribution in [0, 0.1) is 5.92 Å². The van der Waals surface area contributed by atoms with Crippen LogP contribution in [0.3, 0.4) is 0 Å². The molecular formula is C17H26N4O2. The summed E-state index contributed by atoms with van der Waals surface area (Å²) in [7, 11) is 2.05. The minimum absolute atomic E-state index is 0.00342. The second-order valence-corrected chi connectivity index (χ2v) is 6.31. The van der Waals surface area contributed by atoms with E-state index in [0.717, 1.165) is 13.1 Å². The summed E-state index contributed by atoms with van der Waals surface area (Å²) in [6.07, 6.45) is 0. The molecule has 0 aromatic heterocycles. The van der Waals surface area contributed by atoms with E-state index < -0.39 is 6.04 Å². The van der Waals surface area contributed by atoms with E-state index in [0.29, 0.717) is 18.8 Å². The minimum atomic E-state index is -0.512. The van der Waals surface area contributed by atoms with Crippen LogP contribution in [-0.2, 0) is 4.79 Å². The molecule has 1 heterocycles. The Kier molecular flexibility index (Phi) is 5.98. The molecule has 1 saturated heterocycles. The first-order valence-electron chi connectivity index (χ1n) is 8.07. The number of nitrogens with one attached hydrogen (secondary N) is 2. The Morgan fingerprint density at radius 3 is 2.22 bits per heavy atom. The number of carbonyl (C=O) groups excluding carboxylic acids is 2. The van der Waals surface area contributed by atoms with Gasteiger partial charge in [0.25, 0.3) is 0 Å². The first-order valence-corrected chi connectivity index (χ1v) is 8.07. The Balaban J connectivity index is 1.95. The van der Waals surface area contributed by atoms with E-state index in [-0.39, 0.29) is 17.9 Å². The molecule has 0 bridgehead atoms. The van der Waals surface area contributed by atoms with E-state index >= 15 is 0 Å². The highest BCUT2D eigenvalue weighted by Gasteiger charge is 2.30. The molecule has 0 radical (unpaired) electrons. The lowest BCUT2D eigenvalue weighted by atomic mass is 10.0. The normalized spacial score (nSPS) is 17.0. The van der Waals surface area contributed by atoms with Gasteiger partial charge in [-0.05, 0) is 25.1 Å². The third-order valence-corrected chi connectivity index (χ3v) is 4.07. The Hall–Kier alpha value is -2.08. The molecule has 23 heavy (non-hydrogen) atoms. The topological polar surface area (TPSA) is 64.7 Å². The van der Waals surface area contributed by atoms with E-state index in [1.807, 2.05) is 56.1 Å². The molecule has 1 fully saturated rings. The third kappa shape index (κ3) is 4.96. The van der Waals surface area contributed by atoms with E-state index in [9.17, 15) is 9.59 Å². The highest BCUT2D eigenvalue weighted by molar-refractivity contribution is 5.93. The van der Waals surface area contributed by atoms with Crippen LogP contribution in [0.1, 0.15) is 13.8 Å². The number of nitrogens with zero attached hydrogens (tertiary/aromatic N) is 2. The fourth-order valence-electron chi connectivity index (χ4n) is 2.57. The molecule has 2 N–H and O–H groups in total. The third-order valence-electron chi connectivity index (χ3n) is 4.07. The Bertz CT molecular complexity index is 525. The van der Waals surface area contributed by atoms with Crippen LogP contribution in [0.5, 0.6) is 0 Å². The highest BCUT2D eigenvalue weighted by Crippen LogP contribution is 2.10. The maximum Gasteiger partial charge on any atom is 0.319 e. The molecule has 1 aliphatic heterocycles. The average Bonchev–Trinajstić information content (AvgIpc) is 2.53. The van der Waals surface area contributed by atoms with Gasteiger partial charge >= 0.3 is 6.03 Å². The molecule has 1 aromatic rings. The number of para-hydroxylation sites is 1. The van der Waals surface area contributed by atoms with Gasteiger partial charge in [0.05, 0.1) is 0 Å². The predicted molar refractivity (Wildman–Crippen MR) is 91.3 cm³/mol. The lowest BCUT2D eigenvalue weighted by molar-refractivity contribution is -0.135. The summed E-state index contributed by atoms with van der Waals surface area (Å²) in [5, 5.41) is 5.58. The van der Waals surface area contributed by atoms with Crippen molar-refractivity contribution in [3.63, 3.8) is 0 Å². The van der Waals surface area contributed by atoms with Crippen molar-refractivity contribution in [3.8, 4) is 0 Å². The van der Waals surface area contributed by atoms with Gasteiger partial charge in [-0.25, -0.2) is 4.79 Å². The van der Waals surface area contributed by atoms with Crippen LogP contribution in [0.2, 0.25) is 0 Å². The summed E-state index contributed by atoms with van der Waals surface area (Å²) in [5.74, 6) is 0.0278. The molecule has 3 amide bonds. The smallest absolute Gasteiger partial charge is 0.319 e. The van der Waals surface area contributed by atoms with Crippen molar-refractivity contribution >= 4 is 17.6 Å². The zero-order valence-corrected chi connectivity index (χ0v) is 14.1. The van der Waals surface area contributed by atoms with Gasteiger partial charge in [-0.15, -0.1) is 0 Å². The van der Waals surface area contributed by atoms with Crippen molar-refractivity contribution in [3.05, 3.63) is 30.3 Å². The van der Waals surface area contributed by atoms with Crippen molar-refractivity contribution in [2.24, 2.45) is 5.92 Å². The van der Waals surface area contributed by atoms with Crippen molar-refractivity contribution in [1.82, 2.24) is 15.1 Å². The fraction of sp³-hybridized carbons (Fsp3) is 0.529. The molecule has 1 aliphatic rings. The first kappa shape index (κ1) is 17.3. The largest absolute Gasteiger partial charge is 0.338 e. The summed E-state index contributed by atoms with van der Waals surface area (Å²) in [6, 6.07) is 8.35. The quantitative estimate of drug-likeness (QED) is 0.886. The lowest BCUT2D eigenvalue weighted by Crippen LogP contribution is -2.56. The van der Waals surface area contributed by atoms with Crippen LogP contribution in [0.15, 0.2) is 30.3 Å². The van der Waals surface area contributed by atoms with Gasteiger partial charge in [0.15, 0.2) is 0 Å². The Morgan fingerprint density at radius 2 is 1.65 bits per heavy atom.